The first-order chi connectivity index (χ1) is 10.2. The molecule has 116 valence electrons. The molecule has 1 aromatic rings. The second-order valence-corrected chi connectivity index (χ2v) is 7.44. The number of hydrogen-bond donors (Lipinski definition) is 0. The van der Waals surface area contributed by atoms with E-state index in [1.807, 2.05) is 0 Å². The van der Waals surface area contributed by atoms with Gasteiger partial charge in [-0.15, -0.1) is 0 Å². The molecule has 3 rings (SSSR count). The molecule has 0 amide bonds. The van der Waals surface area contributed by atoms with E-state index in [0.29, 0.717) is 36.9 Å². The third-order valence-electron chi connectivity index (χ3n) is 4.04. The predicted molar refractivity (Wildman–Crippen MR) is 79.0 cm³/mol. The highest BCUT2D eigenvalue weighted by Crippen LogP contribution is 2.32. The number of sulfonamides is 1. The molecule has 21 heavy (non-hydrogen) atoms. The van der Waals surface area contributed by atoms with Crippen LogP contribution in [0.15, 0.2) is 18.5 Å². The van der Waals surface area contributed by atoms with Crippen molar-refractivity contribution < 1.29 is 17.9 Å². The molecule has 2 aliphatic heterocycles. The lowest BCUT2D eigenvalue weighted by Gasteiger charge is -2.30. The van der Waals surface area contributed by atoms with E-state index in [1.54, 1.807) is 18.5 Å². The highest BCUT2D eigenvalue weighted by atomic mass is 32.2. The van der Waals surface area contributed by atoms with Crippen molar-refractivity contribution >= 4 is 15.7 Å². The maximum absolute atomic E-state index is 12.6. The number of hydrogen-bond acceptors (Lipinski definition) is 5. The van der Waals surface area contributed by atoms with Crippen molar-refractivity contribution in [2.75, 3.05) is 36.4 Å². The first-order valence-corrected chi connectivity index (χ1v) is 8.93. The van der Waals surface area contributed by atoms with E-state index in [-0.39, 0.29) is 5.75 Å². The molecule has 1 fully saturated rings. The van der Waals surface area contributed by atoms with Crippen molar-refractivity contribution in [2.45, 2.75) is 19.3 Å². The van der Waals surface area contributed by atoms with E-state index in [1.165, 1.54) is 4.31 Å². The SMILES string of the molecule is O=S(=O)(CCC1CCOCC1)N1CCOc2ccncc21. The molecule has 2 aliphatic rings. The second kappa shape index (κ2) is 6.19. The maximum atomic E-state index is 12.6. The summed E-state index contributed by atoms with van der Waals surface area (Å²) in [6.07, 6.45) is 5.77. The molecule has 0 aromatic carbocycles. The van der Waals surface area contributed by atoms with Gasteiger partial charge in [-0.2, -0.15) is 0 Å². The number of aromatic nitrogens is 1. The molecule has 6 nitrogen and oxygen atoms in total. The van der Waals surface area contributed by atoms with Crippen LogP contribution in [0, 0.1) is 5.92 Å². The lowest BCUT2D eigenvalue weighted by atomic mass is 9.98. The molecule has 0 bridgehead atoms. The van der Waals surface area contributed by atoms with Gasteiger partial charge >= 0.3 is 0 Å². The van der Waals surface area contributed by atoms with Crippen LogP contribution in [-0.2, 0) is 14.8 Å². The van der Waals surface area contributed by atoms with Crippen LogP contribution in [0.1, 0.15) is 19.3 Å². The molecule has 0 aliphatic carbocycles. The summed E-state index contributed by atoms with van der Waals surface area (Å²) in [4.78, 5) is 4.01. The Labute approximate surface area is 125 Å². The Balaban J connectivity index is 1.70. The molecular weight excluding hydrogens is 292 g/mol. The van der Waals surface area contributed by atoms with E-state index in [4.69, 9.17) is 9.47 Å². The Hall–Kier alpha value is -1.34. The van der Waals surface area contributed by atoms with Crippen LogP contribution in [0.2, 0.25) is 0 Å². The summed E-state index contributed by atoms with van der Waals surface area (Å²) in [5.74, 6) is 1.21. The fourth-order valence-electron chi connectivity index (χ4n) is 2.79. The smallest absolute Gasteiger partial charge is 0.235 e. The lowest BCUT2D eigenvalue weighted by Crippen LogP contribution is -2.39. The molecular formula is C14H20N2O4S. The van der Waals surface area contributed by atoms with Crippen molar-refractivity contribution in [3.63, 3.8) is 0 Å². The predicted octanol–water partition coefficient (Wildman–Crippen LogP) is 1.43. The van der Waals surface area contributed by atoms with Crippen LogP contribution in [-0.4, -0.2) is 45.5 Å². The van der Waals surface area contributed by atoms with Crippen LogP contribution in [0.25, 0.3) is 0 Å². The zero-order valence-electron chi connectivity index (χ0n) is 11.9. The topological polar surface area (TPSA) is 68.7 Å². The van der Waals surface area contributed by atoms with E-state index in [0.717, 1.165) is 26.1 Å². The summed E-state index contributed by atoms with van der Waals surface area (Å²) >= 11 is 0. The van der Waals surface area contributed by atoms with Crippen LogP contribution in [0.3, 0.4) is 0 Å². The monoisotopic (exact) mass is 312 g/mol. The molecule has 0 unspecified atom stereocenters. The summed E-state index contributed by atoms with van der Waals surface area (Å²) in [5.41, 5.74) is 0.552. The molecule has 3 heterocycles. The minimum absolute atomic E-state index is 0.173. The van der Waals surface area contributed by atoms with E-state index >= 15 is 0 Å². The zero-order valence-corrected chi connectivity index (χ0v) is 12.7. The van der Waals surface area contributed by atoms with Gasteiger partial charge in [0.15, 0.2) is 0 Å². The molecule has 7 heteroatoms. The Bertz CT molecular complexity index is 584. The minimum atomic E-state index is -3.32. The van der Waals surface area contributed by atoms with Crippen molar-refractivity contribution in [1.82, 2.24) is 4.98 Å². The first kappa shape index (κ1) is 14.6. The first-order valence-electron chi connectivity index (χ1n) is 7.32. The fraction of sp³-hybridized carbons (Fsp3) is 0.643. The molecule has 1 aromatic heterocycles. The Morgan fingerprint density at radius 1 is 1.29 bits per heavy atom. The van der Waals surface area contributed by atoms with Crippen LogP contribution < -0.4 is 9.04 Å². The van der Waals surface area contributed by atoms with Gasteiger partial charge in [-0.1, -0.05) is 0 Å². The Kier molecular flexibility index (Phi) is 4.30. The average molecular weight is 312 g/mol. The summed E-state index contributed by atoms with van der Waals surface area (Å²) in [7, 11) is -3.32. The minimum Gasteiger partial charge on any atom is -0.489 e. The summed E-state index contributed by atoms with van der Waals surface area (Å²) in [5, 5.41) is 0. The van der Waals surface area contributed by atoms with Gasteiger partial charge in [0.2, 0.25) is 10.0 Å². The third-order valence-corrected chi connectivity index (χ3v) is 5.85. The van der Waals surface area contributed by atoms with E-state index < -0.39 is 10.0 Å². The van der Waals surface area contributed by atoms with Crippen molar-refractivity contribution in [3.8, 4) is 5.75 Å². The van der Waals surface area contributed by atoms with Gasteiger partial charge in [0.05, 0.1) is 18.5 Å². The van der Waals surface area contributed by atoms with E-state index in [2.05, 4.69) is 4.98 Å². The van der Waals surface area contributed by atoms with Crippen LogP contribution >= 0.6 is 0 Å². The van der Waals surface area contributed by atoms with Crippen LogP contribution in [0.4, 0.5) is 5.69 Å². The highest BCUT2D eigenvalue weighted by Gasteiger charge is 2.29. The Morgan fingerprint density at radius 3 is 2.90 bits per heavy atom. The largest absolute Gasteiger partial charge is 0.489 e. The van der Waals surface area contributed by atoms with Crippen molar-refractivity contribution in [1.29, 1.82) is 0 Å². The van der Waals surface area contributed by atoms with Crippen molar-refractivity contribution in [3.05, 3.63) is 18.5 Å². The second-order valence-electron chi connectivity index (χ2n) is 5.42. The van der Waals surface area contributed by atoms with E-state index in [9.17, 15) is 8.42 Å². The summed E-state index contributed by atoms with van der Waals surface area (Å²) < 4.78 is 37.4. The number of ether oxygens (including phenoxy) is 2. The highest BCUT2D eigenvalue weighted by molar-refractivity contribution is 7.92. The summed E-state index contributed by atoms with van der Waals surface area (Å²) in [6.45, 7) is 2.23. The fourth-order valence-corrected chi connectivity index (χ4v) is 4.43. The maximum Gasteiger partial charge on any atom is 0.235 e. The molecule has 0 radical (unpaired) electrons. The molecule has 0 atom stereocenters. The number of rotatable bonds is 4. The third kappa shape index (κ3) is 3.29. The van der Waals surface area contributed by atoms with Gasteiger partial charge in [-0.25, -0.2) is 8.42 Å². The molecule has 0 saturated carbocycles. The van der Waals surface area contributed by atoms with Gasteiger partial charge in [-0.05, 0) is 25.2 Å². The van der Waals surface area contributed by atoms with Crippen LogP contribution in [0.5, 0.6) is 5.75 Å². The average Bonchev–Trinajstić information content (AvgIpc) is 2.53. The number of anilines is 1. The summed E-state index contributed by atoms with van der Waals surface area (Å²) in [6, 6.07) is 1.70. The number of nitrogens with zero attached hydrogens (tertiary/aromatic N) is 2. The lowest BCUT2D eigenvalue weighted by molar-refractivity contribution is 0.0655. The van der Waals surface area contributed by atoms with Gasteiger partial charge in [0, 0.05) is 25.5 Å². The van der Waals surface area contributed by atoms with Crippen molar-refractivity contribution in [2.24, 2.45) is 5.92 Å². The van der Waals surface area contributed by atoms with Gasteiger partial charge in [0.25, 0.3) is 0 Å². The zero-order chi connectivity index (χ0) is 14.7. The van der Waals surface area contributed by atoms with Gasteiger partial charge in [0.1, 0.15) is 18.0 Å². The molecule has 0 N–H and O–H groups in total. The Morgan fingerprint density at radius 2 is 2.10 bits per heavy atom. The van der Waals surface area contributed by atoms with Gasteiger partial charge < -0.3 is 9.47 Å². The number of pyridine rings is 1. The molecule has 1 saturated heterocycles. The van der Waals surface area contributed by atoms with Gasteiger partial charge in [-0.3, -0.25) is 9.29 Å². The standard InChI is InChI=1S/C14H20N2O4S/c17-21(18,10-4-12-2-7-19-8-3-12)16-6-9-20-14-1-5-15-11-13(14)16/h1,5,11-12H,2-4,6-10H2. The molecule has 0 spiro atoms. The normalized spacial score (nSPS) is 19.9. The number of fused-ring (bicyclic) bond motifs is 1. The quantitative estimate of drug-likeness (QED) is 0.841.